The van der Waals surface area contributed by atoms with E-state index < -0.39 is 47.7 Å². The smallest absolute Gasteiger partial charge is 0.410 e. The average molecular weight is 719 g/mol. The molecular weight excluding hydrogens is 652 g/mol. The third kappa shape index (κ3) is 12.7. The quantitative estimate of drug-likeness (QED) is 0.100. The molecule has 51 heavy (non-hydrogen) atoms. The van der Waals surface area contributed by atoms with Crippen LogP contribution >= 0.6 is 0 Å². The van der Waals surface area contributed by atoms with Gasteiger partial charge in [0.25, 0.3) is 0 Å². The van der Waals surface area contributed by atoms with E-state index in [-0.39, 0.29) is 43.3 Å². The Balaban J connectivity index is 1.43. The molecule has 10 unspecified atom stereocenters. The molecule has 0 radical (unpaired) electrons. The first-order valence-corrected chi connectivity index (χ1v) is 19.5. The Morgan fingerprint density at radius 2 is 1.88 bits per heavy atom. The van der Waals surface area contributed by atoms with Gasteiger partial charge in [0.15, 0.2) is 6.10 Å². The maximum Gasteiger partial charge on any atom is 0.410 e. The van der Waals surface area contributed by atoms with Crippen molar-refractivity contribution in [3.63, 3.8) is 0 Å². The molecule has 2 saturated heterocycles. The maximum absolute atomic E-state index is 13.5. The number of amides is 1. The predicted octanol–water partition coefficient (Wildman–Crippen LogP) is 4.91. The third-order valence-electron chi connectivity index (χ3n) is 11.4. The summed E-state index contributed by atoms with van der Waals surface area (Å²) < 4.78 is 17.7. The van der Waals surface area contributed by atoms with Gasteiger partial charge < -0.3 is 44.4 Å². The molecule has 3 fully saturated rings. The number of esters is 1. The number of aliphatic hydroxyl groups is 4. The van der Waals surface area contributed by atoms with E-state index in [1.165, 1.54) is 25.7 Å². The normalized spacial score (nSPS) is 35.2. The van der Waals surface area contributed by atoms with E-state index in [4.69, 9.17) is 14.2 Å². The molecule has 4 aliphatic rings. The summed E-state index contributed by atoms with van der Waals surface area (Å²) in [6, 6.07) is 0. The molecule has 1 amide bonds. The average Bonchev–Trinajstić information content (AvgIpc) is 3.71. The summed E-state index contributed by atoms with van der Waals surface area (Å²) in [4.78, 5) is 30.6. The number of carbonyl (C=O) groups excluding carboxylic acids is 2. The first-order chi connectivity index (χ1) is 24.1. The molecule has 10 atom stereocenters. The number of nitrogens with zero attached hydrogens (tertiary/aromatic N) is 2. The predicted molar refractivity (Wildman–Crippen MR) is 196 cm³/mol. The van der Waals surface area contributed by atoms with Gasteiger partial charge in [0.05, 0.1) is 36.4 Å². The van der Waals surface area contributed by atoms with Crippen LogP contribution in [0.5, 0.6) is 0 Å². The van der Waals surface area contributed by atoms with E-state index in [2.05, 4.69) is 4.90 Å². The lowest BCUT2D eigenvalue weighted by atomic mass is 9.88. The van der Waals surface area contributed by atoms with Gasteiger partial charge in [-0.1, -0.05) is 57.9 Å². The Hall–Kier alpha value is -2.28. The monoisotopic (exact) mass is 718 g/mol. The van der Waals surface area contributed by atoms with E-state index in [1.54, 1.807) is 43.1 Å². The van der Waals surface area contributed by atoms with Crippen molar-refractivity contribution >= 4 is 12.1 Å². The molecule has 0 aromatic rings. The highest BCUT2D eigenvalue weighted by Gasteiger charge is 2.47. The highest BCUT2D eigenvalue weighted by Crippen LogP contribution is 2.37. The fourth-order valence-corrected chi connectivity index (χ4v) is 7.88. The molecule has 11 nitrogen and oxygen atoms in total. The summed E-state index contributed by atoms with van der Waals surface area (Å²) in [7, 11) is 0. The minimum atomic E-state index is -1.48. The molecule has 0 bridgehead atoms. The largest absolute Gasteiger partial charge is 0.457 e. The molecule has 290 valence electrons. The Labute approximate surface area is 305 Å². The number of cyclic esters (lactones) is 1. The van der Waals surface area contributed by atoms with Gasteiger partial charge in [-0.05, 0) is 83.4 Å². The van der Waals surface area contributed by atoms with Crippen LogP contribution < -0.4 is 0 Å². The van der Waals surface area contributed by atoms with Crippen LogP contribution in [0.15, 0.2) is 36.0 Å². The van der Waals surface area contributed by atoms with Crippen molar-refractivity contribution in [2.45, 2.75) is 154 Å². The first kappa shape index (κ1) is 41.5. The second-order valence-electron chi connectivity index (χ2n) is 16.3. The molecule has 3 aliphatic heterocycles. The topological polar surface area (TPSA) is 153 Å². The number of ether oxygens (including phenoxy) is 3. The fourth-order valence-electron chi connectivity index (χ4n) is 7.88. The van der Waals surface area contributed by atoms with Gasteiger partial charge in [0, 0.05) is 44.4 Å². The van der Waals surface area contributed by atoms with Gasteiger partial charge in [-0.25, -0.2) is 4.79 Å². The molecule has 4 N–H and O–H groups in total. The van der Waals surface area contributed by atoms with Crippen LogP contribution in [-0.4, -0.2) is 123 Å². The molecular formula is C40H66N2O9. The standard InChI is InChI=1S/C40H66N2O9/c1-7-32(44)29(4)37-33(49-37)25-39(5,47)18-10-12-27(2)36-28(3)15-16-34(40(6,48)19-17-31(43)24-35(45)51-36)50-38(46)42-21-11-20-41(22-23-42)26-30-13-8-9-14-30/h10,12,15-16,18,28-34,36-37,43-44,47-48H,7-9,11,13-14,17,19-26H2,1-6H3/b16-15+,18-10+,27-12+. The van der Waals surface area contributed by atoms with E-state index in [0.717, 1.165) is 32.0 Å². The van der Waals surface area contributed by atoms with Crippen molar-refractivity contribution in [2.75, 3.05) is 32.7 Å². The SMILES string of the molecule is CCC(O)C(C)C1OC1CC(C)(O)/C=C/C=C(\C)C1OC(=O)CC(O)CCC(C)(O)C(OC(=O)N2CCCN(CC3CCCC3)CC2)/C=C/C1C. The van der Waals surface area contributed by atoms with Crippen LogP contribution in [0, 0.1) is 17.8 Å². The zero-order chi connectivity index (χ0) is 37.3. The van der Waals surface area contributed by atoms with Crippen molar-refractivity contribution < 1.29 is 44.2 Å². The van der Waals surface area contributed by atoms with Gasteiger partial charge in [0.2, 0.25) is 0 Å². The van der Waals surface area contributed by atoms with E-state index >= 15 is 0 Å². The summed E-state index contributed by atoms with van der Waals surface area (Å²) in [5, 5.41) is 43.5. The van der Waals surface area contributed by atoms with Gasteiger partial charge in [-0.15, -0.1) is 0 Å². The van der Waals surface area contributed by atoms with E-state index in [9.17, 15) is 30.0 Å². The molecule has 0 aromatic heterocycles. The molecule has 3 heterocycles. The fraction of sp³-hybridized carbons (Fsp3) is 0.800. The zero-order valence-corrected chi connectivity index (χ0v) is 31.9. The number of allylic oxidation sites excluding steroid dienone is 2. The van der Waals surface area contributed by atoms with Crippen molar-refractivity contribution in [3.05, 3.63) is 36.0 Å². The summed E-state index contributed by atoms with van der Waals surface area (Å²) in [5.74, 6) is -0.190. The number of carbonyl (C=O) groups is 2. The number of rotatable bonds is 11. The highest BCUT2D eigenvalue weighted by atomic mass is 16.6. The van der Waals surface area contributed by atoms with Crippen molar-refractivity contribution in [2.24, 2.45) is 17.8 Å². The Kier molecular flexibility index (Phi) is 15.2. The molecule has 1 aliphatic carbocycles. The highest BCUT2D eigenvalue weighted by molar-refractivity contribution is 5.70. The van der Waals surface area contributed by atoms with Crippen molar-refractivity contribution in [1.82, 2.24) is 9.80 Å². The van der Waals surface area contributed by atoms with Crippen LogP contribution in [0.1, 0.15) is 106 Å². The Bertz CT molecular complexity index is 1230. The van der Waals surface area contributed by atoms with Crippen LogP contribution in [0.2, 0.25) is 0 Å². The number of hydrogen-bond donors (Lipinski definition) is 4. The summed E-state index contributed by atoms with van der Waals surface area (Å²) in [6.07, 6.45) is 11.9. The van der Waals surface area contributed by atoms with Gasteiger partial charge in [0.1, 0.15) is 11.7 Å². The first-order valence-electron chi connectivity index (χ1n) is 19.5. The van der Waals surface area contributed by atoms with Gasteiger partial charge in [-0.3, -0.25) is 4.79 Å². The van der Waals surface area contributed by atoms with Crippen molar-refractivity contribution in [3.8, 4) is 0 Å². The van der Waals surface area contributed by atoms with Crippen LogP contribution in [0.25, 0.3) is 0 Å². The lowest BCUT2D eigenvalue weighted by molar-refractivity contribution is -0.151. The van der Waals surface area contributed by atoms with E-state index in [1.807, 2.05) is 33.8 Å². The molecule has 4 rings (SSSR count). The summed E-state index contributed by atoms with van der Waals surface area (Å²) in [6.45, 7) is 14.9. The maximum atomic E-state index is 13.5. The summed E-state index contributed by atoms with van der Waals surface area (Å²) >= 11 is 0. The Morgan fingerprint density at radius 1 is 1.16 bits per heavy atom. The molecule has 0 spiro atoms. The van der Waals surface area contributed by atoms with Crippen molar-refractivity contribution in [1.29, 1.82) is 0 Å². The lowest BCUT2D eigenvalue weighted by Crippen LogP contribution is -2.46. The third-order valence-corrected chi connectivity index (χ3v) is 11.4. The van der Waals surface area contributed by atoms with Crippen LogP contribution in [0.4, 0.5) is 4.79 Å². The number of aliphatic hydroxyl groups excluding tert-OH is 2. The minimum Gasteiger partial charge on any atom is -0.457 e. The second-order valence-corrected chi connectivity index (χ2v) is 16.3. The van der Waals surface area contributed by atoms with Crippen LogP contribution in [0.3, 0.4) is 0 Å². The number of hydrogen-bond acceptors (Lipinski definition) is 10. The number of epoxide rings is 1. The molecule has 11 heteroatoms. The van der Waals surface area contributed by atoms with Crippen LogP contribution in [-0.2, 0) is 19.0 Å². The van der Waals surface area contributed by atoms with Gasteiger partial charge in [-0.2, -0.15) is 0 Å². The molecule has 1 saturated carbocycles. The minimum absolute atomic E-state index is 0.0103. The summed E-state index contributed by atoms with van der Waals surface area (Å²) in [5.41, 5.74) is -1.93. The Morgan fingerprint density at radius 3 is 2.59 bits per heavy atom. The van der Waals surface area contributed by atoms with E-state index in [0.29, 0.717) is 31.5 Å². The zero-order valence-electron chi connectivity index (χ0n) is 31.9. The van der Waals surface area contributed by atoms with Gasteiger partial charge >= 0.3 is 12.1 Å². The second kappa shape index (κ2) is 18.7. The lowest BCUT2D eigenvalue weighted by Gasteiger charge is -2.34. The molecule has 0 aromatic carbocycles.